The lowest BCUT2D eigenvalue weighted by Crippen LogP contribution is -2.32. The van der Waals surface area contributed by atoms with E-state index in [2.05, 4.69) is 4.98 Å². The summed E-state index contributed by atoms with van der Waals surface area (Å²) in [6, 6.07) is 5.12. The number of hydrogen-bond donors (Lipinski definition) is 1. The van der Waals surface area contributed by atoms with Gasteiger partial charge in [0.2, 0.25) is 0 Å². The van der Waals surface area contributed by atoms with E-state index in [0.717, 1.165) is 6.42 Å². The normalized spacial score (nSPS) is 20.7. The third kappa shape index (κ3) is 2.27. The van der Waals surface area contributed by atoms with Gasteiger partial charge in [-0.25, -0.2) is 4.98 Å². The smallest absolute Gasteiger partial charge is 0.272 e. The molecule has 0 radical (unpaired) electrons. The van der Waals surface area contributed by atoms with Gasteiger partial charge in [-0.15, -0.1) is 0 Å². The van der Waals surface area contributed by atoms with Crippen molar-refractivity contribution in [2.75, 3.05) is 13.1 Å². The fourth-order valence-corrected chi connectivity index (χ4v) is 1.82. The first-order valence-electron chi connectivity index (χ1n) is 4.84. The Bertz CT molecular complexity index is 383. The number of pyridine rings is 1. The Morgan fingerprint density at radius 3 is 3.00 bits per heavy atom. The van der Waals surface area contributed by atoms with Crippen molar-refractivity contribution in [2.24, 2.45) is 5.73 Å². The van der Waals surface area contributed by atoms with Gasteiger partial charge in [0.05, 0.1) is 0 Å². The number of halogens is 1. The van der Waals surface area contributed by atoms with Crippen LogP contribution in [0.1, 0.15) is 16.9 Å². The predicted octanol–water partition coefficient (Wildman–Crippen LogP) is 0.908. The largest absolute Gasteiger partial charge is 0.336 e. The summed E-state index contributed by atoms with van der Waals surface area (Å²) in [7, 11) is 0. The Labute approximate surface area is 93.0 Å². The summed E-state index contributed by atoms with van der Waals surface area (Å²) in [5, 5.41) is 0.337. The minimum absolute atomic E-state index is 0.0909. The summed E-state index contributed by atoms with van der Waals surface area (Å²) in [6.07, 6.45) is 0.853. The lowest BCUT2D eigenvalue weighted by Gasteiger charge is -2.14. The van der Waals surface area contributed by atoms with Gasteiger partial charge in [0.1, 0.15) is 10.8 Å². The van der Waals surface area contributed by atoms with Crippen LogP contribution in [0.15, 0.2) is 18.2 Å². The van der Waals surface area contributed by atoms with E-state index in [1.165, 1.54) is 0 Å². The van der Waals surface area contributed by atoms with Gasteiger partial charge in [-0.1, -0.05) is 17.7 Å². The molecule has 0 aromatic carbocycles. The zero-order valence-electron chi connectivity index (χ0n) is 8.19. The molecule has 0 bridgehead atoms. The van der Waals surface area contributed by atoms with Crippen LogP contribution in [0.5, 0.6) is 0 Å². The minimum Gasteiger partial charge on any atom is -0.336 e. The number of carbonyl (C=O) groups excluding carboxylic acids is 1. The second-order valence-electron chi connectivity index (χ2n) is 3.65. The van der Waals surface area contributed by atoms with E-state index >= 15 is 0 Å². The lowest BCUT2D eigenvalue weighted by atomic mass is 10.3. The topological polar surface area (TPSA) is 59.2 Å². The van der Waals surface area contributed by atoms with Crippen molar-refractivity contribution in [3.05, 3.63) is 29.0 Å². The molecule has 5 heteroatoms. The average molecular weight is 226 g/mol. The third-order valence-corrected chi connectivity index (χ3v) is 2.66. The van der Waals surface area contributed by atoms with Crippen molar-refractivity contribution in [3.63, 3.8) is 0 Å². The first-order valence-corrected chi connectivity index (χ1v) is 5.22. The molecule has 1 atom stereocenters. The fourth-order valence-electron chi connectivity index (χ4n) is 1.66. The van der Waals surface area contributed by atoms with Crippen LogP contribution in [0.3, 0.4) is 0 Å². The van der Waals surface area contributed by atoms with E-state index in [0.29, 0.717) is 23.9 Å². The number of likely N-dealkylation sites (tertiary alicyclic amines) is 1. The molecular weight excluding hydrogens is 214 g/mol. The number of amides is 1. The Hall–Kier alpha value is -1.13. The second-order valence-corrected chi connectivity index (χ2v) is 4.03. The molecule has 15 heavy (non-hydrogen) atoms. The molecule has 2 N–H and O–H groups in total. The van der Waals surface area contributed by atoms with Crippen LogP contribution in [0.25, 0.3) is 0 Å². The second kappa shape index (κ2) is 4.16. The van der Waals surface area contributed by atoms with Gasteiger partial charge in [0.25, 0.3) is 5.91 Å². The van der Waals surface area contributed by atoms with Crippen LogP contribution in [-0.2, 0) is 0 Å². The molecule has 1 aromatic rings. The maximum Gasteiger partial charge on any atom is 0.272 e. The molecule has 2 heterocycles. The standard InChI is InChI=1S/C10H12ClN3O/c11-9-3-1-2-8(13-9)10(15)14-5-4-7(12)6-14/h1-3,7H,4-6,12H2/t7-/m1/s1. The SMILES string of the molecule is N[C@@H]1CCN(C(=O)c2cccc(Cl)n2)C1. The summed E-state index contributed by atoms with van der Waals surface area (Å²) >= 11 is 5.72. The van der Waals surface area contributed by atoms with Crippen molar-refractivity contribution in [3.8, 4) is 0 Å². The summed E-state index contributed by atoms with van der Waals surface area (Å²) in [4.78, 5) is 17.6. The van der Waals surface area contributed by atoms with Crippen molar-refractivity contribution in [1.29, 1.82) is 0 Å². The Morgan fingerprint density at radius 2 is 2.40 bits per heavy atom. The highest BCUT2D eigenvalue weighted by molar-refractivity contribution is 6.29. The lowest BCUT2D eigenvalue weighted by molar-refractivity contribution is 0.0785. The van der Waals surface area contributed by atoms with Gasteiger partial charge in [-0.3, -0.25) is 4.79 Å². The van der Waals surface area contributed by atoms with Crippen LogP contribution in [0.4, 0.5) is 0 Å². The highest BCUT2D eigenvalue weighted by Gasteiger charge is 2.25. The van der Waals surface area contributed by atoms with Crippen LogP contribution in [0.2, 0.25) is 5.15 Å². The van der Waals surface area contributed by atoms with Crippen LogP contribution in [-0.4, -0.2) is 34.9 Å². The van der Waals surface area contributed by atoms with Crippen molar-refractivity contribution >= 4 is 17.5 Å². The molecule has 80 valence electrons. The fraction of sp³-hybridized carbons (Fsp3) is 0.400. The maximum absolute atomic E-state index is 11.9. The van der Waals surface area contributed by atoms with Crippen molar-refractivity contribution in [2.45, 2.75) is 12.5 Å². The highest BCUT2D eigenvalue weighted by atomic mass is 35.5. The van der Waals surface area contributed by atoms with Gasteiger partial charge in [0.15, 0.2) is 0 Å². The molecule has 0 saturated carbocycles. The summed E-state index contributed by atoms with van der Waals surface area (Å²) in [6.45, 7) is 1.31. The molecule has 1 aromatic heterocycles. The summed E-state index contributed by atoms with van der Waals surface area (Å²) in [5.74, 6) is -0.0922. The van der Waals surface area contributed by atoms with Gasteiger partial charge in [-0.05, 0) is 18.6 Å². The van der Waals surface area contributed by atoms with Gasteiger partial charge >= 0.3 is 0 Å². The number of nitrogens with zero attached hydrogens (tertiary/aromatic N) is 2. The van der Waals surface area contributed by atoms with E-state index in [9.17, 15) is 4.79 Å². The molecule has 4 nitrogen and oxygen atoms in total. The molecule has 1 fully saturated rings. The van der Waals surface area contributed by atoms with E-state index in [1.54, 1.807) is 23.1 Å². The number of rotatable bonds is 1. The van der Waals surface area contributed by atoms with Gasteiger partial charge < -0.3 is 10.6 Å². The minimum atomic E-state index is -0.0922. The van der Waals surface area contributed by atoms with E-state index in [4.69, 9.17) is 17.3 Å². The number of hydrogen-bond acceptors (Lipinski definition) is 3. The summed E-state index contributed by atoms with van der Waals surface area (Å²) < 4.78 is 0. The van der Waals surface area contributed by atoms with Crippen LogP contribution >= 0.6 is 11.6 Å². The third-order valence-electron chi connectivity index (χ3n) is 2.45. The average Bonchev–Trinajstić information content (AvgIpc) is 2.64. The highest BCUT2D eigenvalue weighted by Crippen LogP contribution is 2.12. The molecule has 0 spiro atoms. The number of aromatic nitrogens is 1. The monoisotopic (exact) mass is 225 g/mol. The zero-order valence-corrected chi connectivity index (χ0v) is 8.94. The summed E-state index contributed by atoms with van der Waals surface area (Å²) in [5.41, 5.74) is 6.12. The Kier molecular flexibility index (Phi) is 2.88. The number of nitrogens with two attached hydrogens (primary N) is 1. The molecule has 0 unspecified atom stereocenters. The van der Waals surface area contributed by atoms with Crippen molar-refractivity contribution in [1.82, 2.24) is 9.88 Å². The molecule has 1 aliphatic heterocycles. The zero-order chi connectivity index (χ0) is 10.8. The molecule has 2 rings (SSSR count). The first kappa shape index (κ1) is 10.4. The Morgan fingerprint density at radius 1 is 1.60 bits per heavy atom. The Balaban J connectivity index is 2.14. The predicted molar refractivity (Wildman–Crippen MR) is 57.7 cm³/mol. The van der Waals surface area contributed by atoms with Crippen LogP contribution in [0, 0.1) is 0 Å². The van der Waals surface area contributed by atoms with E-state index in [1.807, 2.05) is 0 Å². The quantitative estimate of drug-likeness (QED) is 0.723. The molecule has 0 aliphatic carbocycles. The van der Waals surface area contributed by atoms with E-state index < -0.39 is 0 Å². The molecule has 1 saturated heterocycles. The first-order chi connectivity index (χ1) is 7.16. The van der Waals surface area contributed by atoms with Crippen molar-refractivity contribution < 1.29 is 4.79 Å². The maximum atomic E-state index is 11.9. The molecular formula is C10H12ClN3O. The van der Waals surface area contributed by atoms with E-state index in [-0.39, 0.29) is 11.9 Å². The number of carbonyl (C=O) groups is 1. The molecule has 1 aliphatic rings. The van der Waals surface area contributed by atoms with Crippen LogP contribution < -0.4 is 5.73 Å². The van der Waals surface area contributed by atoms with Gasteiger partial charge in [0, 0.05) is 19.1 Å². The van der Waals surface area contributed by atoms with Gasteiger partial charge in [-0.2, -0.15) is 0 Å². The molecule has 1 amide bonds.